The SMILES string of the molecule is CN=C(NCC(=O)NC(C)(C)C)NCc1ccc(COC2CCOCC2)cc1. The van der Waals surface area contributed by atoms with Crippen molar-refractivity contribution in [2.24, 2.45) is 4.99 Å². The van der Waals surface area contributed by atoms with Crippen LogP contribution in [0.4, 0.5) is 0 Å². The van der Waals surface area contributed by atoms with Gasteiger partial charge in [-0.05, 0) is 44.7 Å². The van der Waals surface area contributed by atoms with Gasteiger partial charge >= 0.3 is 0 Å². The Hall–Kier alpha value is -2.12. The van der Waals surface area contributed by atoms with Gasteiger partial charge in [-0.15, -0.1) is 0 Å². The largest absolute Gasteiger partial charge is 0.381 e. The highest BCUT2D eigenvalue weighted by atomic mass is 16.5. The number of carbonyl (C=O) groups excluding carboxylic acids is 1. The van der Waals surface area contributed by atoms with E-state index in [0.29, 0.717) is 25.2 Å². The summed E-state index contributed by atoms with van der Waals surface area (Å²) in [7, 11) is 1.69. The van der Waals surface area contributed by atoms with Gasteiger partial charge in [0.1, 0.15) is 0 Å². The summed E-state index contributed by atoms with van der Waals surface area (Å²) in [5, 5.41) is 9.16. The molecule has 2 rings (SSSR count). The van der Waals surface area contributed by atoms with Crippen LogP contribution in [-0.4, -0.2) is 50.3 Å². The third-order valence-corrected chi connectivity index (χ3v) is 4.29. The summed E-state index contributed by atoms with van der Waals surface area (Å²) >= 11 is 0. The molecule has 1 heterocycles. The molecule has 1 aromatic carbocycles. The average molecular weight is 391 g/mol. The Kier molecular flexibility index (Phi) is 8.73. The van der Waals surface area contributed by atoms with Crippen LogP contribution in [0.25, 0.3) is 0 Å². The maximum atomic E-state index is 11.9. The first-order valence-corrected chi connectivity index (χ1v) is 9.88. The van der Waals surface area contributed by atoms with Crippen molar-refractivity contribution in [1.29, 1.82) is 0 Å². The second kappa shape index (κ2) is 11.0. The summed E-state index contributed by atoms with van der Waals surface area (Å²) in [5.74, 6) is 0.528. The molecule has 1 aliphatic heterocycles. The summed E-state index contributed by atoms with van der Waals surface area (Å²) < 4.78 is 11.3. The van der Waals surface area contributed by atoms with E-state index in [1.165, 1.54) is 0 Å². The second-order valence-corrected chi connectivity index (χ2v) is 8.02. The van der Waals surface area contributed by atoms with Crippen LogP contribution in [0.1, 0.15) is 44.7 Å². The number of nitrogens with one attached hydrogen (secondary N) is 3. The summed E-state index contributed by atoms with van der Waals surface area (Å²) in [6.07, 6.45) is 2.25. The van der Waals surface area contributed by atoms with Gasteiger partial charge in [-0.25, -0.2) is 0 Å². The van der Waals surface area contributed by atoms with Crippen LogP contribution >= 0.6 is 0 Å². The zero-order chi connectivity index (χ0) is 20.4. The first-order chi connectivity index (χ1) is 13.4. The first kappa shape index (κ1) is 22.2. The average Bonchev–Trinajstić information content (AvgIpc) is 2.67. The molecule has 156 valence electrons. The zero-order valence-electron chi connectivity index (χ0n) is 17.5. The van der Waals surface area contributed by atoms with Gasteiger partial charge in [0.25, 0.3) is 0 Å². The van der Waals surface area contributed by atoms with E-state index in [9.17, 15) is 4.79 Å². The Bertz CT molecular complexity index is 632. The van der Waals surface area contributed by atoms with Crippen molar-refractivity contribution in [1.82, 2.24) is 16.0 Å². The number of guanidine groups is 1. The van der Waals surface area contributed by atoms with Crippen LogP contribution in [0, 0.1) is 0 Å². The topological polar surface area (TPSA) is 84.0 Å². The fourth-order valence-electron chi connectivity index (χ4n) is 2.84. The number of rotatable bonds is 7. The van der Waals surface area contributed by atoms with Crippen LogP contribution < -0.4 is 16.0 Å². The van der Waals surface area contributed by atoms with E-state index >= 15 is 0 Å². The molecule has 0 spiro atoms. The molecule has 0 radical (unpaired) electrons. The minimum atomic E-state index is -0.244. The van der Waals surface area contributed by atoms with Crippen molar-refractivity contribution in [3.63, 3.8) is 0 Å². The van der Waals surface area contributed by atoms with Gasteiger partial charge in [0.2, 0.25) is 5.91 Å². The Balaban J connectivity index is 1.71. The number of hydrogen-bond donors (Lipinski definition) is 3. The van der Waals surface area contributed by atoms with Crippen LogP contribution in [-0.2, 0) is 27.4 Å². The lowest BCUT2D eigenvalue weighted by molar-refractivity contribution is -0.121. The van der Waals surface area contributed by atoms with Crippen molar-refractivity contribution in [3.8, 4) is 0 Å². The van der Waals surface area contributed by atoms with Gasteiger partial charge in [0.15, 0.2) is 5.96 Å². The fourth-order valence-corrected chi connectivity index (χ4v) is 2.84. The lowest BCUT2D eigenvalue weighted by Crippen LogP contribution is -2.48. The quantitative estimate of drug-likeness (QED) is 0.490. The molecule has 1 fully saturated rings. The highest BCUT2D eigenvalue weighted by molar-refractivity contribution is 5.86. The van der Waals surface area contributed by atoms with Crippen molar-refractivity contribution < 1.29 is 14.3 Å². The van der Waals surface area contributed by atoms with Gasteiger partial charge < -0.3 is 25.4 Å². The molecule has 0 saturated carbocycles. The van der Waals surface area contributed by atoms with E-state index in [1.807, 2.05) is 20.8 Å². The molecule has 1 amide bonds. The third kappa shape index (κ3) is 8.71. The zero-order valence-corrected chi connectivity index (χ0v) is 17.5. The number of aliphatic imine (C=N–C) groups is 1. The first-order valence-electron chi connectivity index (χ1n) is 9.88. The monoisotopic (exact) mass is 390 g/mol. The molecule has 0 bridgehead atoms. The van der Waals surface area contributed by atoms with Gasteiger partial charge in [-0.3, -0.25) is 9.79 Å². The number of amides is 1. The Morgan fingerprint density at radius 3 is 2.39 bits per heavy atom. The molecule has 0 aromatic heterocycles. The number of carbonyl (C=O) groups is 1. The van der Waals surface area contributed by atoms with Gasteiger partial charge in [0.05, 0.1) is 19.3 Å². The van der Waals surface area contributed by atoms with Crippen LogP contribution in [0.15, 0.2) is 29.3 Å². The predicted octanol–water partition coefficient (Wildman–Crippen LogP) is 1.96. The van der Waals surface area contributed by atoms with E-state index < -0.39 is 0 Å². The normalized spacial score (nSPS) is 15.9. The number of benzene rings is 1. The minimum Gasteiger partial charge on any atom is -0.381 e. The molecular weight excluding hydrogens is 356 g/mol. The molecule has 0 unspecified atom stereocenters. The van der Waals surface area contributed by atoms with Gasteiger partial charge in [0, 0.05) is 32.3 Å². The van der Waals surface area contributed by atoms with E-state index in [2.05, 4.69) is 45.2 Å². The molecular formula is C21H34N4O3. The Labute approximate surface area is 168 Å². The van der Waals surface area contributed by atoms with Crippen LogP contribution in [0.3, 0.4) is 0 Å². The minimum absolute atomic E-state index is 0.0654. The highest BCUT2D eigenvalue weighted by Gasteiger charge is 2.14. The lowest BCUT2D eigenvalue weighted by atomic mass is 10.1. The Morgan fingerprint density at radius 2 is 1.79 bits per heavy atom. The molecule has 7 heteroatoms. The number of hydrogen-bond acceptors (Lipinski definition) is 4. The third-order valence-electron chi connectivity index (χ3n) is 4.29. The maximum Gasteiger partial charge on any atom is 0.239 e. The van der Waals surface area contributed by atoms with E-state index in [-0.39, 0.29) is 18.0 Å². The van der Waals surface area contributed by atoms with Crippen LogP contribution in [0.5, 0.6) is 0 Å². The Morgan fingerprint density at radius 1 is 1.14 bits per heavy atom. The van der Waals surface area contributed by atoms with Crippen molar-refractivity contribution in [3.05, 3.63) is 35.4 Å². The lowest BCUT2D eigenvalue weighted by Gasteiger charge is -2.22. The van der Waals surface area contributed by atoms with Crippen LogP contribution in [0.2, 0.25) is 0 Å². The maximum absolute atomic E-state index is 11.9. The van der Waals surface area contributed by atoms with Gasteiger partial charge in [-0.1, -0.05) is 24.3 Å². The number of nitrogens with zero attached hydrogens (tertiary/aromatic N) is 1. The van der Waals surface area contributed by atoms with Crippen molar-refractivity contribution in [2.45, 2.75) is 58.4 Å². The fraction of sp³-hybridized carbons (Fsp3) is 0.619. The van der Waals surface area contributed by atoms with Gasteiger partial charge in [-0.2, -0.15) is 0 Å². The molecule has 1 aliphatic rings. The van der Waals surface area contributed by atoms with E-state index in [4.69, 9.17) is 9.47 Å². The van der Waals surface area contributed by atoms with E-state index in [0.717, 1.165) is 37.2 Å². The summed E-state index contributed by atoms with van der Waals surface area (Å²) in [4.78, 5) is 16.0. The van der Waals surface area contributed by atoms with Crippen molar-refractivity contribution >= 4 is 11.9 Å². The molecule has 7 nitrogen and oxygen atoms in total. The molecule has 0 aliphatic carbocycles. The highest BCUT2D eigenvalue weighted by Crippen LogP contribution is 2.14. The summed E-state index contributed by atoms with van der Waals surface area (Å²) in [5.41, 5.74) is 2.06. The predicted molar refractivity (Wildman–Crippen MR) is 111 cm³/mol. The van der Waals surface area contributed by atoms with E-state index in [1.54, 1.807) is 7.05 Å². The molecule has 28 heavy (non-hydrogen) atoms. The second-order valence-electron chi connectivity index (χ2n) is 8.02. The molecule has 0 atom stereocenters. The molecule has 1 aromatic rings. The summed E-state index contributed by atoms with van der Waals surface area (Å²) in [6.45, 7) is 8.89. The smallest absolute Gasteiger partial charge is 0.239 e. The van der Waals surface area contributed by atoms with Crippen molar-refractivity contribution in [2.75, 3.05) is 26.8 Å². The summed E-state index contributed by atoms with van der Waals surface area (Å²) in [6, 6.07) is 8.33. The number of ether oxygens (including phenoxy) is 2. The standard InChI is InChI=1S/C21H34N4O3/c1-21(2,3)25-19(26)14-24-20(22-4)23-13-16-5-7-17(8-6-16)15-28-18-9-11-27-12-10-18/h5-8,18H,9-15H2,1-4H3,(H,25,26)(H2,22,23,24). The molecule has 1 saturated heterocycles. The molecule has 3 N–H and O–H groups in total.